The summed E-state index contributed by atoms with van der Waals surface area (Å²) in [5.41, 5.74) is 6.58. The Balaban J connectivity index is 2.23. The van der Waals surface area contributed by atoms with Crippen LogP contribution in [0, 0.1) is 0 Å². The molecule has 1 aliphatic heterocycles. The predicted octanol–water partition coefficient (Wildman–Crippen LogP) is 8.61. The van der Waals surface area contributed by atoms with Crippen molar-refractivity contribution in [2.24, 2.45) is 0 Å². The van der Waals surface area contributed by atoms with E-state index in [0.29, 0.717) is 6.42 Å². The first-order valence-corrected chi connectivity index (χ1v) is 13.4. The zero-order valence-electron chi connectivity index (χ0n) is 23.3. The van der Waals surface area contributed by atoms with Gasteiger partial charge in [0.15, 0.2) is 0 Å². The van der Waals surface area contributed by atoms with Crippen LogP contribution in [-0.4, -0.2) is 29.7 Å². The highest BCUT2D eigenvalue weighted by Crippen LogP contribution is 2.15. The average molecular weight is 480 g/mol. The van der Waals surface area contributed by atoms with E-state index in [9.17, 15) is 9.59 Å². The summed E-state index contributed by atoms with van der Waals surface area (Å²) in [5.74, 6) is 0.429. The largest absolute Gasteiger partial charge is 0.332 e. The fourth-order valence-electron chi connectivity index (χ4n) is 4.07. The van der Waals surface area contributed by atoms with Gasteiger partial charge in [-0.05, 0) is 99.3 Å². The lowest BCUT2D eigenvalue weighted by Gasteiger charge is -2.15. The van der Waals surface area contributed by atoms with E-state index in [1.165, 1.54) is 22.3 Å². The van der Waals surface area contributed by atoms with Crippen LogP contribution in [-0.2, 0) is 9.59 Å². The molecule has 0 aromatic carbocycles. The molecule has 0 aromatic heterocycles. The van der Waals surface area contributed by atoms with E-state index in [-0.39, 0.29) is 11.7 Å². The SMILES string of the molecule is CC(=O)CC/C=C(\C)CC/C=C(\C)CC/C=C(\C)CC/C=C(\C)CC/C=C(\C)C(=O)N1CC=CC1. The Morgan fingerprint density at radius 1 is 0.571 bits per heavy atom. The molecule has 35 heavy (non-hydrogen) atoms. The molecular formula is C32H49NO2. The van der Waals surface area contributed by atoms with Crippen molar-refractivity contribution in [3.05, 3.63) is 70.4 Å². The fourth-order valence-corrected chi connectivity index (χ4v) is 4.07. The maximum Gasteiger partial charge on any atom is 0.249 e. The molecule has 1 rings (SSSR count). The Bertz CT molecular complexity index is 856. The molecule has 0 saturated carbocycles. The first-order valence-electron chi connectivity index (χ1n) is 13.4. The second kappa shape index (κ2) is 17.9. The van der Waals surface area contributed by atoms with Crippen LogP contribution in [0.3, 0.4) is 0 Å². The number of allylic oxidation sites excluding steroid dienone is 9. The van der Waals surface area contributed by atoms with Gasteiger partial charge in [0.05, 0.1) is 0 Å². The molecule has 0 bridgehead atoms. The minimum absolute atomic E-state index is 0.163. The van der Waals surface area contributed by atoms with Crippen LogP contribution in [0.5, 0.6) is 0 Å². The molecule has 1 aliphatic rings. The summed E-state index contributed by atoms with van der Waals surface area (Å²) in [6, 6.07) is 0. The van der Waals surface area contributed by atoms with Gasteiger partial charge < -0.3 is 9.69 Å². The molecule has 0 aliphatic carbocycles. The number of hydrogen-bond donors (Lipinski definition) is 0. The summed E-state index contributed by atoms with van der Waals surface area (Å²) in [6.07, 6.45) is 25.6. The Kier molecular flexibility index (Phi) is 15.7. The molecule has 0 unspecified atom stereocenters. The molecule has 1 heterocycles. The standard InChI is InChI=1S/C32H49NO2/c1-26(14-9-15-27(2)17-11-19-29(4)21-13-23-31(6)34)16-10-18-28(3)20-12-22-30(5)32(35)33-24-7-8-25-33/h7-8,14,17-18,21-22H,9-13,15-16,19-20,23-25H2,1-6H3/b26-14+,27-17+,28-18+,29-21+,30-22+. The molecule has 3 nitrogen and oxygen atoms in total. The number of nitrogens with zero attached hydrogens (tertiary/aromatic N) is 1. The van der Waals surface area contributed by atoms with Crippen LogP contribution in [0.4, 0.5) is 0 Å². The number of rotatable bonds is 16. The predicted molar refractivity (Wildman–Crippen MR) is 151 cm³/mol. The van der Waals surface area contributed by atoms with Crippen molar-refractivity contribution in [3.63, 3.8) is 0 Å². The highest BCUT2D eigenvalue weighted by Gasteiger charge is 2.15. The molecule has 1 amide bonds. The van der Waals surface area contributed by atoms with Crippen molar-refractivity contribution >= 4 is 11.7 Å². The minimum Gasteiger partial charge on any atom is -0.332 e. The number of carbonyl (C=O) groups is 2. The topological polar surface area (TPSA) is 37.4 Å². The maximum atomic E-state index is 12.3. The summed E-state index contributed by atoms with van der Waals surface area (Å²) in [6.45, 7) is 13.9. The van der Waals surface area contributed by atoms with E-state index in [1.807, 2.05) is 11.8 Å². The number of amides is 1. The van der Waals surface area contributed by atoms with Gasteiger partial charge in [-0.1, -0.05) is 64.8 Å². The quantitative estimate of drug-likeness (QED) is 0.164. The monoisotopic (exact) mass is 479 g/mol. The normalized spacial score (nSPS) is 15.8. The summed E-state index contributed by atoms with van der Waals surface area (Å²) in [5, 5.41) is 0. The lowest BCUT2D eigenvalue weighted by Crippen LogP contribution is -2.28. The van der Waals surface area contributed by atoms with Crippen LogP contribution in [0.1, 0.15) is 106 Å². The van der Waals surface area contributed by atoms with Gasteiger partial charge in [0.2, 0.25) is 5.91 Å². The van der Waals surface area contributed by atoms with E-state index < -0.39 is 0 Å². The Morgan fingerprint density at radius 3 is 1.29 bits per heavy atom. The zero-order valence-corrected chi connectivity index (χ0v) is 23.3. The van der Waals surface area contributed by atoms with E-state index >= 15 is 0 Å². The van der Waals surface area contributed by atoms with E-state index in [0.717, 1.165) is 76.5 Å². The first kappa shape index (κ1) is 30.6. The van der Waals surface area contributed by atoms with Gasteiger partial charge in [-0.15, -0.1) is 0 Å². The molecule has 0 spiro atoms. The molecule has 0 saturated heterocycles. The second-order valence-electron chi connectivity index (χ2n) is 10.2. The Hall–Kier alpha value is -2.42. The lowest BCUT2D eigenvalue weighted by molar-refractivity contribution is -0.125. The average Bonchev–Trinajstić information content (AvgIpc) is 3.33. The van der Waals surface area contributed by atoms with Crippen LogP contribution in [0.25, 0.3) is 0 Å². The van der Waals surface area contributed by atoms with Crippen molar-refractivity contribution in [3.8, 4) is 0 Å². The van der Waals surface area contributed by atoms with Crippen molar-refractivity contribution < 1.29 is 9.59 Å². The third-order valence-electron chi connectivity index (χ3n) is 6.52. The van der Waals surface area contributed by atoms with Crippen molar-refractivity contribution in [1.82, 2.24) is 4.90 Å². The van der Waals surface area contributed by atoms with Crippen molar-refractivity contribution in [2.75, 3.05) is 13.1 Å². The molecule has 0 atom stereocenters. The van der Waals surface area contributed by atoms with Gasteiger partial charge in [0.25, 0.3) is 0 Å². The van der Waals surface area contributed by atoms with Crippen LogP contribution in [0.15, 0.2) is 70.4 Å². The number of ketones is 1. The Labute approximate surface area is 215 Å². The fraction of sp³-hybridized carbons (Fsp3) is 0.562. The molecule has 194 valence electrons. The van der Waals surface area contributed by atoms with E-state index in [2.05, 4.69) is 70.2 Å². The highest BCUT2D eigenvalue weighted by molar-refractivity contribution is 5.93. The molecule has 0 radical (unpaired) electrons. The summed E-state index contributed by atoms with van der Waals surface area (Å²) in [4.78, 5) is 25.2. The zero-order chi connectivity index (χ0) is 26.1. The lowest BCUT2D eigenvalue weighted by atomic mass is 10.0. The van der Waals surface area contributed by atoms with Gasteiger partial charge in [0, 0.05) is 25.1 Å². The van der Waals surface area contributed by atoms with Crippen LogP contribution >= 0.6 is 0 Å². The highest BCUT2D eigenvalue weighted by atomic mass is 16.2. The van der Waals surface area contributed by atoms with Gasteiger partial charge in [-0.2, -0.15) is 0 Å². The third kappa shape index (κ3) is 15.2. The molecule has 0 fully saturated rings. The van der Waals surface area contributed by atoms with Crippen molar-refractivity contribution in [2.45, 2.75) is 106 Å². The third-order valence-corrected chi connectivity index (χ3v) is 6.52. The number of hydrogen-bond acceptors (Lipinski definition) is 2. The maximum absolute atomic E-state index is 12.3. The summed E-state index contributed by atoms with van der Waals surface area (Å²) < 4.78 is 0. The van der Waals surface area contributed by atoms with E-state index in [4.69, 9.17) is 0 Å². The molecule has 0 aromatic rings. The number of Topliss-reactive ketones (excluding diaryl/α,β-unsaturated/α-hetero) is 1. The Morgan fingerprint density at radius 2 is 0.914 bits per heavy atom. The first-order chi connectivity index (χ1) is 16.7. The van der Waals surface area contributed by atoms with Gasteiger partial charge in [0.1, 0.15) is 5.78 Å². The van der Waals surface area contributed by atoms with E-state index in [1.54, 1.807) is 6.92 Å². The van der Waals surface area contributed by atoms with Crippen LogP contribution in [0.2, 0.25) is 0 Å². The molecule has 3 heteroatoms. The smallest absolute Gasteiger partial charge is 0.249 e. The minimum atomic E-state index is 0.163. The number of carbonyl (C=O) groups excluding carboxylic acids is 2. The molecule has 0 N–H and O–H groups in total. The van der Waals surface area contributed by atoms with Gasteiger partial charge in [-0.25, -0.2) is 0 Å². The molecular weight excluding hydrogens is 430 g/mol. The van der Waals surface area contributed by atoms with Gasteiger partial charge in [-0.3, -0.25) is 4.79 Å². The second-order valence-corrected chi connectivity index (χ2v) is 10.2. The summed E-state index contributed by atoms with van der Waals surface area (Å²) in [7, 11) is 0. The summed E-state index contributed by atoms with van der Waals surface area (Å²) >= 11 is 0. The van der Waals surface area contributed by atoms with Gasteiger partial charge >= 0.3 is 0 Å². The van der Waals surface area contributed by atoms with Crippen molar-refractivity contribution in [1.29, 1.82) is 0 Å². The van der Waals surface area contributed by atoms with Crippen LogP contribution < -0.4 is 0 Å².